The monoisotopic (exact) mass is 220 g/mol. The fraction of sp³-hybridized carbons (Fsp3) is 0.222. The Morgan fingerprint density at radius 1 is 1.50 bits per heavy atom. The molecule has 0 spiro atoms. The summed E-state index contributed by atoms with van der Waals surface area (Å²) in [5, 5.41) is 8.91. The standard InChI is InChI=1S/C9H7ClF2O2/c1-4(13)5-2-6(9(11)12)8(14)7(10)3-5/h2-3,9,14H,1H3. The van der Waals surface area contributed by atoms with Gasteiger partial charge < -0.3 is 5.11 Å². The topological polar surface area (TPSA) is 37.3 Å². The summed E-state index contributed by atoms with van der Waals surface area (Å²) in [4.78, 5) is 10.9. The highest BCUT2D eigenvalue weighted by Gasteiger charge is 2.17. The molecule has 0 fully saturated rings. The van der Waals surface area contributed by atoms with Crippen LogP contribution in [0.5, 0.6) is 5.75 Å². The molecule has 0 bridgehead atoms. The zero-order chi connectivity index (χ0) is 10.9. The van der Waals surface area contributed by atoms with E-state index in [0.717, 1.165) is 12.1 Å². The van der Waals surface area contributed by atoms with Crippen molar-refractivity contribution in [1.82, 2.24) is 0 Å². The lowest BCUT2D eigenvalue weighted by atomic mass is 10.1. The molecule has 0 atom stereocenters. The van der Waals surface area contributed by atoms with Gasteiger partial charge in [0, 0.05) is 5.56 Å². The zero-order valence-electron chi connectivity index (χ0n) is 7.22. The summed E-state index contributed by atoms with van der Waals surface area (Å²) in [6, 6.07) is 2.10. The van der Waals surface area contributed by atoms with Gasteiger partial charge in [0.2, 0.25) is 0 Å². The van der Waals surface area contributed by atoms with E-state index in [-0.39, 0.29) is 16.4 Å². The Bertz CT molecular complexity index is 377. The summed E-state index contributed by atoms with van der Waals surface area (Å²) < 4.78 is 24.6. The number of rotatable bonds is 2. The highest BCUT2D eigenvalue weighted by molar-refractivity contribution is 6.32. The van der Waals surface area contributed by atoms with Crippen molar-refractivity contribution in [2.45, 2.75) is 13.3 Å². The van der Waals surface area contributed by atoms with Gasteiger partial charge in [0.15, 0.2) is 5.78 Å². The molecule has 5 heteroatoms. The predicted molar refractivity (Wildman–Crippen MR) is 48.1 cm³/mol. The van der Waals surface area contributed by atoms with E-state index in [1.807, 2.05) is 0 Å². The van der Waals surface area contributed by atoms with E-state index < -0.39 is 17.7 Å². The molecule has 0 aliphatic heterocycles. The fourth-order valence-electron chi connectivity index (χ4n) is 0.990. The first-order valence-electron chi connectivity index (χ1n) is 3.75. The van der Waals surface area contributed by atoms with Crippen LogP contribution in [0.1, 0.15) is 29.3 Å². The van der Waals surface area contributed by atoms with Gasteiger partial charge in [-0.3, -0.25) is 4.79 Å². The van der Waals surface area contributed by atoms with Crippen LogP contribution in [-0.2, 0) is 0 Å². The van der Waals surface area contributed by atoms with Crippen molar-refractivity contribution in [3.05, 3.63) is 28.3 Å². The van der Waals surface area contributed by atoms with E-state index in [1.54, 1.807) is 0 Å². The Balaban J connectivity index is 3.35. The highest BCUT2D eigenvalue weighted by atomic mass is 35.5. The summed E-state index contributed by atoms with van der Waals surface area (Å²) in [5.74, 6) is -1.06. The maximum Gasteiger partial charge on any atom is 0.267 e. The number of phenolic OH excluding ortho intramolecular Hbond substituents is 1. The third-order valence-electron chi connectivity index (χ3n) is 1.73. The molecule has 1 aromatic carbocycles. The average molecular weight is 221 g/mol. The molecule has 1 N–H and O–H groups in total. The molecular weight excluding hydrogens is 214 g/mol. The molecular formula is C9H7ClF2O2. The number of benzene rings is 1. The molecule has 0 saturated heterocycles. The number of hydrogen-bond acceptors (Lipinski definition) is 2. The van der Waals surface area contributed by atoms with Gasteiger partial charge in [-0.2, -0.15) is 0 Å². The number of alkyl halides is 2. The van der Waals surface area contributed by atoms with E-state index in [1.165, 1.54) is 6.92 Å². The molecule has 76 valence electrons. The lowest BCUT2D eigenvalue weighted by Crippen LogP contribution is -1.95. The molecule has 0 radical (unpaired) electrons. The van der Waals surface area contributed by atoms with Crippen molar-refractivity contribution in [3.63, 3.8) is 0 Å². The number of carbonyl (C=O) groups excluding carboxylic acids is 1. The van der Waals surface area contributed by atoms with Gasteiger partial charge in [-0.15, -0.1) is 0 Å². The summed E-state index contributed by atoms with van der Waals surface area (Å²) in [6.45, 7) is 1.23. The zero-order valence-corrected chi connectivity index (χ0v) is 7.98. The lowest BCUT2D eigenvalue weighted by Gasteiger charge is -2.06. The Kier molecular flexibility index (Phi) is 3.06. The van der Waals surface area contributed by atoms with Crippen LogP contribution in [0, 0.1) is 0 Å². The van der Waals surface area contributed by atoms with Crippen molar-refractivity contribution in [2.75, 3.05) is 0 Å². The number of halogens is 3. The van der Waals surface area contributed by atoms with Gasteiger partial charge in [0.1, 0.15) is 5.75 Å². The minimum atomic E-state index is -2.85. The number of ketones is 1. The second-order valence-electron chi connectivity index (χ2n) is 2.75. The number of hydrogen-bond donors (Lipinski definition) is 1. The van der Waals surface area contributed by atoms with Crippen LogP contribution in [0.2, 0.25) is 5.02 Å². The second-order valence-corrected chi connectivity index (χ2v) is 3.16. The molecule has 0 heterocycles. The van der Waals surface area contributed by atoms with Crippen LogP contribution in [0.3, 0.4) is 0 Å². The third-order valence-corrected chi connectivity index (χ3v) is 2.02. The number of aromatic hydroxyl groups is 1. The van der Waals surface area contributed by atoms with Gasteiger partial charge in [-0.05, 0) is 19.1 Å². The van der Waals surface area contributed by atoms with Crippen molar-refractivity contribution >= 4 is 17.4 Å². The Hall–Kier alpha value is -1.16. The van der Waals surface area contributed by atoms with E-state index in [0.29, 0.717) is 0 Å². The van der Waals surface area contributed by atoms with Gasteiger partial charge in [0.05, 0.1) is 10.6 Å². The quantitative estimate of drug-likeness (QED) is 0.778. The summed E-state index contributed by atoms with van der Waals surface area (Å²) in [7, 11) is 0. The first-order chi connectivity index (χ1) is 6.43. The number of Topliss-reactive ketones (excluding diaryl/α,β-unsaturated/α-hetero) is 1. The van der Waals surface area contributed by atoms with Crippen molar-refractivity contribution < 1.29 is 18.7 Å². The molecule has 0 aliphatic carbocycles. The smallest absolute Gasteiger partial charge is 0.267 e. The summed E-state index contributed by atoms with van der Waals surface area (Å²) in [6.07, 6.45) is -2.85. The predicted octanol–water partition coefficient (Wildman–Crippen LogP) is 3.19. The molecule has 0 unspecified atom stereocenters. The van der Waals surface area contributed by atoms with Crippen molar-refractivity contribution in [3.8, 4) is 5.75 Å². The Labute approximate surface area is 84.1 Å². The first-order valence-corrected chi connectivity index (χ1v) is 4.12. The average Bonchev–Trinajstić information content (AvgIpc) is 2.08. The van der Waals surface area contributed by atoms with Crippen LogP contribution in [-0.4, -0.2) is 10.9 Å². The number of carbonyl (C=O) groups is 1. The normalized spacial score (nSPS) is 10.6. The van der Waals surface area contributed by atoms with Gasteiger partial charge >= 0.3 is 0 Å². The summed E-state index contributed by atoms with van der Waals surface area (Å²) >= 11 is 5.47. The van der Waals surface area contributed by atoms with Crippen molar-refractivity contribution in [2.24, 2.45) is 0 Å². The molecule has 0 saturated carbocycles. The maximum atomic E-state index is 12.3. The largest absolute Gasteiger partial charge is 0.506 e. The molecule has 0 aliphatic rings. The van der Waals surface area contributed by atoms with Crippen molar-refractivity contribution in [1.29, 1.82) is 0 Å². The van der Waals surface area contributed by atoms with E-state index >= 15 is 0 Å². The van der Waals surface area contributed by atoms with Gasteiger partial charge in [0.25, 0.3) is 6.43 Å². The van der Waals surface area contributed by atoms with Gasteiger partial charge in [-0.1, -0.05) is 11.6 Å². The molecule has 1 rings (SSSR count). The lowest BCUT2D eigenvalue weighted by molar-refractivity contribution is 0.101. The summed E-state index contributed by atoms with van der Waals surface area (Å²) in [5.41, 5.74) is -0.564. The second kappa shape index (κ2) is 3.92. The molecule has 1 aromatic rings. The first kappa shape index (κ1) is 10.9. The van der Waals surface area contributed by atoms with Gasteiger partial charge in [-0.25, -0.2) is 8.78 Å². The SMILES string of the molecule is CC(=O)c1cc(Cl)c(O)c(C(F)F)c1. The third kappa shape index (κ3) is 2.01. The minimum absolute atomic E-state index is 0.0584. The Morgan fingerprint density at radius 3 is 2.50 bits per heavy atom. The fourth-order valence-corrected chi connectivity index (χ4v) is 1.22. The number of phenols is 1. The molecule has 2 nitrogen and oxygen atoms in total. The van der Waals surface area contributed by atoms with E-state index in [2.05, 4.69) is 0 Å². The van der Waals surface area contributed by atoms with E-state index in [9.17, 15) is 13.6 Å². The van der Waals surface area contributed by atoms with Crippen LogP contribution in [0.4, 0.5) is 8.78 Å². The van der Waals surface area contributed by atoms with Crippen LogP contribution in [0.25, 0.3) is 0 Å². The Morgan fingerprint density at radius 2 is 2.07 bits per heavy atom. The van der Waals surface area contributed by atoms with Crippen LogP contribution >= 0.6 is 11.6 Å². The minimum Gasteiger partial charge on any atom is -0.506 e. The van der Waals surface area contributed by atoms with E-state index in [4.69, 9.17) is 16.7 Å². The molecule has 0 aromatic heterocycles. The highest BCUT2D eigenvalue weighted by Crippen LogP contribution is 2.35. The van der Waals surface area contributed by atoms with Crippen LogP contribution in [0.15, 0.2) is 12.1 Å². The van der Waals surface area contributed by atoms with Crippen LogP contribution < -0.4 is 0 Å². The molecule has 14 heavy (non-hydrogen) atoms. The molecule has 0 amide bonds. The maximum absolute atomic E-state index is 12.3.